The van der Waals surface area contributed by atoms with Crippen LogP contribution in [-0.4, -0.2) is 24.9 Å². The van der Waals surface area contributed by atoms with Crippen LogP contribution in [0.25, 0.3) is 0 Å². The minimum absolute atomic E-state index is 0.0264. The Hall–Kier alpha value is -2.62. The van der Waals surface area contributed by atoms with Gasteiger partial charge in [0.25, 0.3) is 0 Å². The molecule has 1 atom stereocenters. The molecule has 0 aliphatic carbocycles. The molecule has 0 aromatic heterocycles. The lowest BCUT2D eigenvalue weighted by molar-refractivity contribution is -0.126. The van der Waals surface area contributed by atoms with Crippen LogP contribution in [0.15, 0.2) is 48.5 Å². The lowest BCUT2D eigenvalue weighted by atomic mass is 9.97. The Morgan fingerprint density at radius 3 is 2.59 bits per heavy atom. The van der Waals surface area contributed by atoms with Gasteiger partial charge in [-0.15, -0.1) is 0 Å². The van der Waals surface area contributed by atoms with Gasteiger partial charge in [-0.25, -0.2) is 0 Å². The molecule has 142 valence electrons. The van der Waals surface area contributed by atoms with Crippen molar-refractivity contribution in [2.75, 3.05) is 18.0 Å². The predicted molar refractivity (Wildman–Crippen MR) is 109 cm³/mol. The molecule has 0 spiro atoms. The SMILES string of the molecule is Cc1cccc(C(C)C)c1N1CC(C(=O)NCCc2ccccc2)CC1=O. The number of amides is 2. The Labute approximate surface area is 161 Å². The largest absolute Gasteiger partial charge is 0.355 e. The van der Waals surface area contributed by atoms with Gasteiger partial charge in [-0.05, 0) is 36.0 Å². The summed E-state index contributed by atoms with van der Waals surface area (Å²) in [5, 5.41) is 3.00. The fourth-order valence-electron chi connectivity index (χ4n) is 3.73. The molecular formula is C23H28N2O2. The topological polar surface area (TPSA) is 49.4 Å². The number of carbonyl (C=O) groups excluding carboxylic acids is 2. The highest BCUT2D eigenvalue weighted by atomic mass is 16.2. The van der Waals surface area contributed by atoms with Crippen molar-refractivity contribution >= 4 is 17.5 Å². The van der Waals surface area contributed by atoms with Crippen LogP contribution in [0.2, 0.25) is 0 Å². The fourth-order valence-corrected chi connectivity index (χ4v) is 3.73. The van der Waals surface area contributed by atoms with Crippen LogP contribution in [-0.2, 0) is 16.0 Å². The molecule has 1 heterocycles. The van der Waals surface area contributed by atoms with Crippen LogP contribution in [0, 0.1) is 12.8 Å². The Morgan fingerprint density at radius 1 is 1.15 bits per heavy atom. The third kappa shape index (κ3) is 4.38. The summed E-state index contributed by atoms with van der Waals surface area (Å²) >= 11 is 0. The first kappa shape index (κ1) is 19.2. The zero-order valence-corrected chi connectivity index (χ0v) is 16.4. The number of hydrogen-bond donors (Lipinski definition) is 1. The average Bonchev–Trinajstić information content (AvgIpc) is 3.03. The molecule has 0 bridgehead atoms. The second-order valence-corrected chi connectivity index (χ2v) is 7.60. The molecule has 0 radical (unpaired) electrons. The molecule has 1 N–H and O–H groups in total. The highest BCUT2D eigenvalue weighted by Gasteiger charge is 2.36. The van der Waals surface area contributed by atoms with Gasteiger partial charge in [0, 0.05) is 25.2 Å². The van der Waals surface area contributed by atoms with E-state index in [1.807, 2.05) is 42.2 Å². The molecule has 0 saturated carbocycles. The quantitative estimate of drug-likeness (QED) is 0.847. The lowest BCUT2D eigenvalue weighted by Crippen LogP contribution is -2.34. The van der Waals surface area contributed by atoms with Crippen molar-refractivity contribution < 1.29 is 9.59 Å². The molecule has 3 rings (SSSR count). The van der Waals surface area contributed by atoms with Crippen LogP contribution < -0.4 is 10.2 Å². The van der Waals surface area contributed by atoms with Gasteiger partial charge in [0.15, 0.2) is 0 Å². The highest BCUT2D eigenvalue weighted by molar-refractivity contribution is 6.01. The molecule has 4 heteroatoms. The van der Waals surface area contributed by atoms with Gasteiger partial charge in [0.2, 0.25) is 11.8 Å². The van der Waals surface area contributed by atoms with Gasteiger partial charge in [-0.2, -0.15) is 0 Å². The van der Waals surface area contributed by atoms with Crippen LogP contribution in [0.4, 0.5) is 5.69 Å². The minimum atomic E-state index is -0.284. The zero-order valence-electron chi connectivity index (χ0n) is 16.4. The van der Waals surface area contributed by atoms with E-state index in [9.17, 15) is 9.59 Å². The Balaban J connectivity index is 1.64. The maximum Gasteiger partial charge on any atom is 0.227 e. The molecule has 1 fully saturated rings. The molecule has 1 saturated heterocycles. The van der Waals surface area contributed by atoms with Crippen LogP contribution in [0.5, 0.6) is 0 Å². The Kier molecular flexibility index (Phi) is 5.94. The van der Waals surface area contributed by atoms with E-state index in [0.717, 1.165) is 23.2 Å². The Morgan fingerprint density at radius 2 is 1.89 bits per heavy atom. The summed E-state index contributed by atoms with van der Waals surface area (Å²) < 4.78 is 0. The number of aryl methyl sites for hydroxylation is 1. The average molecular weight is 364 g/mol. The molecule has 4 nitrogen and oxygen atoms in total. The second kappa shape index (κ2) is 8.38. The number of carbonyl (C=O) groups is 2. The van der Waals surface area contributed by atoms with E-state index in [0.29, 0.717) is 19.0 Å². The van der Waals surface area contributed by atoms with E-state index < -0.39 is 0 Å². The molecule has 2 aromatic rings. The molecule has 27 heavy (non-hydrogen) atoms. The first-order valence-electron chi connectivity index (χ1n) is 9.69. The standard InChI is InChI=1S/C23H28N2O2/c1-16(2)20-11-7-8-17(3)22(20)25-15-19(14-21(25)26)23(27)24-13-12-18-9-5-4-6-10-18/h4-11,16,19H,12-15H2,1-3H3,(H,24,27). The zero-order chi connectivity index (χ0) is 19.4. The third-order valence-corrected chi connectivity index (χ3v) is 5.21. The van der Waals surface area contributed by atoms with Crippen molar-refractivity contribution in [3.8, 4) is 0 Å². The number of benzene rings is 2. The predicted octanol–water partition coefficient (Wildman–Crippen LogP) is 3.83. The summed E-state index contributed by atoms with van der Waals surface area (Å²) in [7, 11) is 0. The molecule has 1 aliphatic heterocycles. The van der Waals surface area contributed by atoms with E-state index in [1.54, 1.807) is 0 Å². The monoisotopic (exact) mass is 364 g/mol. The van der Waals surface area contributed by atoms with E-state index >= 15 is 0 Å². The van der Waals surface area contributed by atoms with Gasteiger partial charge in [-0.1, -0.05) is 62.4 Å². The summed E-state index contributed by atoms with van der Waals surface area (Å²) in [5.41, 5.74) is 4.42. The molecule has 2 amide bonds. The molecule has 1 aliphatic rings. The summed E-state index contributed by atoms with van der Waals surface area (Å²) in [4.78, 5) is 27.0. The summed E-state index contributed by atoms with van der Waals surface area (Å²) in [6.07, 6.45) is 1.08. The van der Waals surface area contributed by atoms with Gasteiger partial charge >= 0.3 is 0 Å². The maximum atomic E-state index is 12.7. The van der Waals surface area contributed by atoms with Crippen molar-refractivity contribution in [2.24, 2.45) is 5.92 Å². The van der Waals surface area contributed by atoms with E-state index in [2.05, 4.69) is 37.4 Å². The summed E-state index contributed by atoms with van der Waals surface area (Å²) in [6.45, 7) is 7.34. The molecule has 2 aromatic carbocycles. The lowest BCUT2D eigenvalue weighted by Gasteiger charge is -2.24. The van der Waals surface area contributed by atoms with Gasteiger partial charge in [0.1, 0.15) is 0 Å². The third-order valence-electron chi connectivity index (χ3n) is 5.21. The van der Waals surface area contributed by atoms with Crippen LogP contribution >= 0.6 is 0 Å². The Bertz CT molecular complexity index is 814. The maximum absolute atomic E-state index is 12.7. The summed E-state index contributed by atoms with van der Waals surface area (Å²) in [5.74, 6) is 0.0511. The van der Waals surface area contributed by atoms with E-state index in [4.69, 9.17) is 0 Å². The van der Waals surface area contributed by atoms with E-state index in [-0.39, 0.29) is 24.2 Å². The fraction of sp³-hybridized carbons (Fsp3) is 0.391. The van der Waals surface area contributed by atoms with E-state index in [1.165, 1.54) is 5.56 Å². The minimum Gasteiger partial charge on any atom is -0.355 e. The van der Waals surface area contributed by atoms with Crippen molar-refractivity contribution in [3.63, 3.8) is 0 Å². The number of hydrogen-bond acceptors (Lipinski definition) is 2. The number of para-hydroxylation sites is 1. The number of nitrogens with zero attached hydrogens (tertiary/aromatic N) is 1. The smallest absolute Gasteiger partial charge is 0.227 e. The van der Waals surface area contributed by atoms with Crippen molar-refractivity contribution in [1.82, 2.24) is 5.32 Å². The van der Waals surface area contributed by atoms with Crippen molar-refractivity contribution in [2.45, 2.75) is 39.5 Å². The van der Waals surface area contributed by atoms with Gasteiger partial charge in [-0.3, -0.25) is 9.59 Å². The van der Waals surface area contributed by atoms with Gasteiger partial charge in [0.05, 0.1) is 5.92 Å². The first-order valence-corrected chi connectivity index (χ1v) is 9.69. The van der Waals surface area contributed by atoms with Crippen LogP contribution in [0.1, 0.15) is 42.9 Å². The molecular weight excluding hydrogens is 336 g/mol. The summed E-state index contributed by atoms with van der Waals surface area (Å²) in [6, 6.07) is 16.2. The first-order chi connectivity index (χ1) is 13.0. The number of rotatable bonds is 6. The van der Waals surface area contributed by atoms with Crippen LogP contribution in [0.3, 0.4) is 0 Å². The number of anilines is 1. The van der Waals surface area contributed by atoms with Crippen molar-refractivity contribution in [1.29, 1.82) is 0 Å². The normalized spacial score (nSPS) is 16.8. The number of nitrogens with one attached hydrogen (secondary N) is 1. The van der Waals surface area contributed by atoms with Gasteiger partial charge < -0.3 is 10.2 Å². The van der Waals surface area contributed by atoms with Crippen molar-refractivity contribution in [3.05, 3.63) is 65.2 Å². The highest BCUT2D eigenvalue weighted by Crippen LogP contribution is 2.34. The molecule has 1 unspecified atom stereocenters. The second-order valence-electron chi connectivity index (χ2n) is 7.60.